The van der Waals surface area contributed by atoms with Crippen molar-refractivity contribution in [1.29, 1.82) is 0 Å². The molecule has 0 saturated heterocycles. The summed E-state index contributed by atoms with van der Waals surface area (Å²) in [6.07, 6.45) is 9.27. The van der Waals surface area contributed by atoms with Crippen LogP contribution >= 0.6 is 0 Å². The molecule has 0 amide bonds. The Hall–Kier alpha value is -1.89. The largest absolute Gasteiger partial charge is 0.274 e. The molecule has 0 atom stereocenters. The van der Waals surface area contributed by atoms with Gasteiger partial charge in [0.1, 0.15) is 6.33 Å². The van der Waals surface area contributed by atoms with Gasteiger partial charge in [0, 0.05) is 19.2 Å². The summed E-state index contributed by atoms with van der Waals surface area (Å²) in [4.78, 5) is 4.40. The van der Waals surface area contributed by atoms with Gasteiger partial charge in [-0.15, -0.1) is 0 Å². The van der Waals surface area contributed by atoms with Crippen LogP contribution in [-0.4, -0.2) is 36.5 Å². The van der Waals surface area contributed by atoms with E-state index in [1.54, 1.807) is 25.5 Å². The molecule has 0 N–H and O–H groups in total. The molecule has 0 unspecified atom stereocenters. The molecule has 7 heteroatoms. The van der Waals surface area contributed by atoms with E-state index in [0.29, 0.717) is 11.6 Å². The SMILES string of the molecule is CN(c1ccc(-c2ncnn2CC2CCCCC2)cc1)S(C)(=O)=O. The first-order chi connectivity index (χ1) is 11.4. The highest BCUT2D eigenvalue weighted by Crippen LogP contribution is 2.27. The van der Waals surface area contributed by atoms with Gasteiger partial charge in [0.15, 0.2) is 5.82 Å². The summed E-state index contributed by atoms with van der Waals surface area (Å²) < 4.78 is 26.5. The summed E-state index contributed by atoms with van der Waals surface area (Å²) in [5.74, 6) is 1.52. The van der Waals surface area contributed by atoms with Crippen LogP contribution < -0.4 is 4.31 Å². The van der Waals surface area contributed by atoms with Crippen LogP contribution in [0.2, 0.25) is 0 Å². The number of nitrogens with zero attached hydrogens (tertiary/aromatic N) is 4. The summed E-state index contributed by atoms with van der Waals surface area (Å²) in [5.41, 5.74) is 1.59. The van der Waals surface area contributed by atoms with Crippen LogP contribution in [0.3, 0.4) is 0 Å². The van der Waals surface area contributed by atoms with Crippen LogP contribution in [0.1, 0.15) is 32.1 Å². The molecule has 1 aromatic heterocycles. The van der Waals surface area contributed by atoms with Crippen molar-refractivity contribution in [2.75, 3.05) is 17.6 Å². The van der Waals surface area contributed by atoms with E-state index in [9.17, 15) is 8.42 Å². The predicted octanol–water partition coefficient (Wildman–Crippen LogP) is 2.92. The Balaban J connectivity index is 1.79. The molecule has 0 bridgehead atoms. The van der Waals surface area contributed by atoms with E-state index in [1.165, 1.54) is 42.7 Å². The van der Waals surface area contributed by atoms with Crippen molar-refractivity contribution in [3.8, 4) is 11.4 Å². The fraction of sp³-hybridized carbons (Fsp3) is 0.529. The summed E-state index contributed by atoms with van der Waals surface area (Å²) in [5, 5.41) is 4.38. The smallest absolute Gasteiger partial charge is 0.231 e. The van der Waals surface area contributed by atoms with Crippen molar-refractivity contribution < 1.29 is 8.42 Å². The standard InChI is InChI=1S/C17H24N4O2S/c1-20(24(2,22)23)16-10-8-15(9-11-16)17-18-13-19-21(17)12-14-6-4-3-5-7-14/h8-11,13-14H,3-7,12H2,1-2H3. The quantitative estimate of drug-likeness (QED) is 0.833. The Morgan fingerprint density at radius 1 is 1.17 bits per heavy atom. The first kappa shape index (κ1) is 17.0. The minimum atomic E-state index is -3.25. The lowest BCUT2D eigenvalue weighted by atomic mass is 9.89. The second kappa shape index (κ2) is 6.93. The highest BCUT2D eigenvalue weighted by molar-refractivity contribution is 7.92. The summed E-state index contributed by atoms with van der Waals surface area (Å²) >= 11 is 0. The highest BCUT2D eigenvalue weighted by Gasteiger charge is 2.17. The lowest BCUT2D eigenvalue weighted by Gasteiger charge is -2.22. The van der Waals surface area contributed by atoms with E-state index in [-0.39, 0.29) is 0 Å². The topological polar surface area (TPSA) is 68.1 Å². The molecule has 0 spiro atoms. The van der Waals surface area contributed by atoms with Crippen LogP contribution in [-0.2, 0) is 16.6 Å². The highest BCUT2D eigenvalue weighted by atomic mass is 32.2. The average molecular weight is 348 g/mol. The number of hydrogen-bond donors (Lipinski definition) is 0. The molecule has 0 aliphatic heterocycles. The monoisotopic (exact) mass is 348 g/mol. The Morgan fingerprint density at radius 3 is 2.46 bits per heavy atom. The van der Waals surface area contributed by atoms with E-state index in [4.69, 9.17) is 0 Å². The van der Waals surface area contributed by atoms with Crippen molar-refractivity contribution in [3.05, 3.63) is 30.6 Å². The molecule has 1 aliphatic carbocycles. The lowest BCUT2D eigenvalue weighted by Crippen LogP contribution is -2.24. The van der Waals surface area contributed by atoms with E-state index >= 15 is 0 Å². The minimum Gasteiger partial charge on any atom is -0.274 e. The van der Waals surface area contributed by atoms with E-state index in [2.05, 4.69) is 10.1 Å². The number of aromatic nitrogens is 3. The van der Waals surface area contributed by atoms with Gasteiger partial charge >= 0.3 is 0 Å². The zero-order valence-corrected chi connectivity index (χ0v) is 15.0. The molecule has 6 nitrogen and oxygen atoms in total. The zero-order valence-electron chi connectivity index (χ0n) is 14.2. The van der Waals surface area contributed by atoms with Crippen molar-refractivity contribution in [3.63, 3.8) is 0 Å². The third-order valence-corrected chi connectivity index (χ3v) is 5.96. The number of sulfonamides is 1. The summed E-state index contributed by atoms with van der Waals surface area (Å²) in [6, 6.07) is 7.41. The number of benzene rings is 1. The maximum absolute atomic E-state index is 11.6. The fourth-order valence-electron chi connectivity index (χ4n) is 3.25. The van der Waals surface area contributed by atoms with Crippen molar-refractivity contribution >= 4 is 15.7 Å². The first-order valence-corrected chi connectivity index (χ1v) is 10.2. The molecule has 1 fully saturated rings. The number of hydrogen-bond acceptors (Lipinski definition) is 4. The number of rotatable bonds is 5. The van der Waals surface area contributed by atoms with E-state index in [1.807, 2.05) is 16.8 Å². The minimum absolute atomic E-state index is 0.639. The number of anilines is 1. The summed E-state index contributed by atoms with van der Waals surface area (Å²) in [7, 11) is -1.70. The van der Waals surface area contributed by atoms with Gasteiger partial charge in [-0.1, -0.05) is 19.3 Å². The van der Waals surface area contributed by atoms with Crippen LogP contribution in [0.5, 0.6) is 0 Å². The molecule has 3 rings (SSSR count). The Kier molecular flexibility index (Phi) is 4.89. The third-order valence-electron chi connectivity index (χ3n) is 4.76. The van der Waals surface area contributed by atoms with E-state index in [0.717, 1.165) is 17.9 Å². The van der Waals surface area contributed by atoms with Crippen LogP contribution in [0.4, 0.5) is 5.69 Å². The Labute approximate surface area is 143 Å². The van der Waals surface area contributed by atoms with E-state index < -0.39 is 10.0 Å². The second-order valence-electron chi connectivity index (χ2n) is 6.55. The molecule has 1 saturated carbocycles. The lowest BCUT2D eigenvalue weighted by molar-refractivity contribution is 0.309. The predicted molar refractivity (Wildman–Crippen MR) is 95.3 cm³/mol. The molecule has 1 aliphatic rings. The Bertz CT molecular complexity index is 777. The maximum atomic E-state index is 11.6. The molecule has 130 valence electrons. The molecular formula is C17H24N4O2S. The van der Waals surface area contributed by atoms with Gasteiger partial charge in [-0.05, 0) is 43.0 Å². The van der Waals surface area contributed by atoms with Crippen LogP contribution in [0.15, 0.2) is 30.6 Å². The van der Waals surface area contributed by atoms with Gasteiger partial charge in [0.25, 0.3) is 0 Å². The van der Waals surface area contributed by atoms with Crippen LogP contribution in [0.25, 0.3) is 11.4 Å². The molecule has 24 heavy (non-hydrogen) atoms. The van der Waals surface area contributed by atoms with Gasteiger partial charge in [-0.3, -0.25) is 4.31 Å². The van der Waals surface area contributed by atoms with Crippen LogP contribution in [0, 0.1) is 5.92 Å². The van der Waals surface area contributed by atoms with Gasteiger partial charge in [-0.2, -0.15) is 5.10 Å². The molecule has 1 heterocycles. The molecular weight excluding hydrogens is 324 g/mol. The van der Waals surface area contributed by atoms with Gasteiger partial charge in [0.05, 0.1) is 11.9 Å². The van der Waals surface area contributed by atoms with Gasteiger partial charge in [-0.25, -0.2) is 18.1 Å². The van der Waals surface area contributed by atoms with Gasteiger partial charge in [0.2, 0.25) is 10.0 Å². The maximum Gasteiger partial charge on any atom is 0.231 e. The second-order valence-corrected chi connectivity index (χ2v) is 8.56. The average Bonchev–Trinajstić information content (AvgIpc) is 3.02. The van der Waals surface area contributed by atoms with Crippen molar-refractivity contribution in [2.24, 2.45) is 5.92 Å². The molecule has 1 aromatic carbocycles. The Morgan fingerprint density at radius 2 is 1.83 bits per heavy atom. The first-order valence-electron chi connectivity index (χ1n) is 8.37. The molecule has 2 aromatic rings. The normalized spacial score (nSPS) is 16.2. The van der Waals surface area contributed by atoms with Crippen molar-refractivity contribution in [1.82, 2.24) is 14.8 Å². The fourth-order valence-corrected chi connectivity index (χ4v) is 3.75. The molecule has 0 radical (unpaired) electrons. The third kappa shape index (κ3) is 3.77. The van der Waals surface area contributed by atoms with Crippen molar-refractivity contribution in [2.45, 2.75) is 38.6 Å². The zero-order chi connectivity index (χ0) is 17.2. The summed E-state index contributed by atoms with van der Waals surface area (Å²) in [6.45, 7) is 0.903. The van der Waals surface area contributed by atoms with Gasteiger partial charge < -0.3 is 0 Å².